The molecule has 0 radical (unpaired) electrons. The summed E-state index contributed by atoms with van der Waals surface area (Å²) in [4.78, 5) is 17.0. The fraction of sp³-hybridized carbons (Fsp3) is 0.190. The van der Waals surface area contributed by atoms with E-state index in [1.807, 2.05) is 57.2 Å². The summed E-state index contributed by atoms with van der Waals surface area (Å²) in [5.74, 6) is 0.612. The zero-order chi connectivity index (χ0) is 19.0. The number of aryl methyl sites for hydroxylation is 3. The Labute approximate surface area is 156 Å². The number of nitrogens with zero attached hydrogens (tertiary/aromatic N) is 3. The van der Waals surface area contributed by atoms with Crippen LogP contribution in [-0.2, 0) is 11.3 Å². The van der Waals surface area contributed by atoms with Gasteiger partial charge in [0.25, 0.3) is 0 Å². The smallest absolute Gasteiger partial charge is 0.246 e. The third kappa shape index (κ3) is 3.21. The Bertz CT molecular complexity index is 1130. The molecule has 4 aromatic rings. The molecule has 0 fully saturated rings. The summed E-state index contributed by atoms with van der Waals surface area (Å²) < 4.78 is 7.17. The first-order valence-electron chi connectivity index (χ1n) is 8.76. The number of amides is 1. The van der Waals surface area contributed by atoms with Crippen molar-refractivity contribution < 1.29 is 9.21 Å². The first kappa shape index (κ1) is 17.0. The van der Waals surface area contributed by atoms with Crippen LogP contribution in [0.3, 0.4) is 0 Å². The van der Waals surface area contributed by atoms with E-state index in [1.165, 1.54) is 0 Å². The van der Waals surface area contributed by atoms with Gasteiger partial charge < -0.3 is 9.73 Å². The molecule has 1 amide bonds. The summed E-state index contributed by atoms with van der Waals surface area (Å²) in [6.45, 7) is 6.01. The van der Waals surface area contributed by atoms with E-state index in [9.17, 15) is 4.79 Å². The molecule has 0 aliphatic carbocycles. The minimum absolute atomic E-state index is 0.0895. The first-order valence-corrected chi connectivity index (χ1v) is 8.76. The Kier molecular flexibility index (Phi) is 4.24. The molecule has 0 aliphatic rings. The summed E-state index contributed by atoms with van der Waals surface area (Å²) in [7, 11) is 0. The van der Waals surface area contributed by atoms with Crippen molar-refractivity contribution in [3.8, 4) is 11.3 Å². The van der Waals surface area contributed by atoms with Crippen LogP contribution in [0.1, 0.15) is 16.8 Å². The molecule has 27 heavy (non-hydrogen) atoms. The Hall–Kier alpha value is -3.41. The van der Waals surface area contributed by atoms with Gasteiger partial charge in [-0.1, -0.05) is 17.7 Å². The summed E-state index contributed by atoms with van der Waals surface area (Å²) in [5, 5.41) is 8.38. The number of pyridine rings is 1. The first-order chi connectivity index (χ1) is 13.0. The summed E-state index contributed by atoms with van der Waals surface area (Å²) >= 11 is 0. The maximum absolute atomic E-state index is 12.6. The number of hydrogen-bond acceptors (Lipinski definition) is 4. The molecule has 3 aromatic heterocycles. The lowest BCUT2D eigenvalue weighted by Gasteiger charge is -2.09. The van der Waals surface area contributed by atoms with Crippen molar-refractivity contribution in [1.82, 2.24) is 14.8 Å². The topological polar surface area (TPSA) is 73.0 Å². The maximum atomic E-state index is 12.6. The number of nitrogens with one attached hydrogen (secondary N) is 1. The minimum atomic E-state index is -0.142. The van der Waals surface area contributed by atoms with Crippen molar-refractivity contribution in [2.24, 2.45) is 0 Å². The fourth-order valence-corrected chi connectivity index (χ4v) is 3.31. The SMILES string of the molecule is Cc1ccc(NC(=O)Cn2nc(C)c3c(-c4ccco4)ccnc32)c(C)c1. The van der Waals surface area contributed by atoms with Crippen LogP contribution in [0.15, 0.2) is 53.3 Å². The van der Waals surface area contributed by atoms with Gasteiger partial charge in [0.1, 0.15) is 12.3 Å². The van der Waals surface area contributed by atoms with Crippen molar-refractivity contribution in [2.75, 3.05) is 5.32 Å². The second-order valence-electron chi connectivity index (χ2n) is 6.64. The third-order valence-electron chi connectivity index (χ3n) is 4.54. The van der Waals surface area contributed by atoms with Crippen LogP contribution >= 0.6 is 0 Å². The minimum Gasteiger partial charge on any atom is -0.464 e. The summed E-state index contributed by atoms with van der Waals surface area (Å²) in [6, 6.07) is 11.6. The van der Waals surface area contributed by atoms with Gasteiger partial charge in [-0.05, 0) is 50.6 Å². The Morgan fingerprint density at radius 1 is 1.19 bits per heavy atom. The second kappa shape index (κ2) is 6.72. The van der Waals surface area contributed by atoms with Gasteiger partial charge in [0.15, 0.2) is 5.65 Å². The molecular weight excluding hydrogens is 340 g/mol. The average molecular weight is 360 g/mol. The maximum Gasteiger partial charge on any atom is 0.246 e. The summed E-state index contributed by atoms with van der Waals surface area (Å²) in [6.07, 6.45) is 3.35. The molecule has 3 heterocycles. The number of hydrogen-bond donors (Lipinski definition) is 1. The average Bonchev–Trinajstić information content (AvgIpc) is 3.27. The van der Waals surface area contributed by atoms with Gasteiger partial charge in [-0.25, -0.2) is 9.67 Å². The molecule has 6 heteroatoms. The predicted octanol–water partition coefficient (Wildman–Crippen LogP) is 4.26. The van der Waals surface area contributed by atoms with E-state index in [2.05, 4.69) is 15.4 Å². The highest BCUT2D eigenvalue weighted by molar-refractivity contribution is 5.95. The van der Waals surface area contributed by atoms with E-state index in [0.29, 0.717) is 5.65 Å². The van der Waals surface area contributed by atoms with Crippen molar-refractivity contribution in [2.45, 2.75) is 27.3 Å². The number of fused-ring (bicyclic) bond motifs is 1. The van der Waals surface area contributed by atoms with Crippen LogP contribution < -0.4 is 5.32 Å². The number of rotatable bonds is 4. The van der Waals surface area contributed by atoms with E-state index < -0.39 is 0 Å². The lowest BCUT2D eigenvalue weighted by Crippen LogP contribution is -2.20. The highest BCUT2D eigenvalue weighted by Gasteiger charge is 2.17. The largest absolute Gasteiger partial charge is 0.464 e. The molecule has 0 unspecified atom stereocenters. The Morgan fingerprint density at radius 3 is 2.78 bits per heavy atom. The zero-order valence-corrected chi connectivity index (χ0v) is 15.5. The predicted molar refractivity (Wildman–Crippen MR) is 105 cm³/mol. The van der Waals surface area contributed by atoms with Crippen molar-refractivity contribution >= 4 is 22.6 Å². The van der Waals surface area contributed by atoms with Gasteiger partial charge in [0.2, 0.25) is 5.91 Å². The standard InChI is InChI=1S/C21H20N4O2/c1-13-6-7-17(14(2)11-13)23-19(26)12-25-21-20(15(3)24-25)16(8-9-22-21)18-5-4-10-27-18/h4-11H,12H2,1-3H3,(H,23,26). The highest BCUT2D eigenvalue weighted by Crippen LogP contribution is 2.30. The van der Waals surface area contributed by atoms with Crippen molar-refractivity contribution in [3.63, 3.8) is 0 Å². The lowest BCUT2D eigenvalue weighted by molar-refractivity contribution is -0.116. The molecule has 0 saturated carbocycles. The Balaban J connectivity index is 1.65. The molecule has 0 bridgehead atoms. The number of benzene rings is 1. The fourth-order valence-electron chi connectivity index (χ4n) is 3.31. The second-order valence-corrected chi connectivity index (χ2v) is 6.64. The molecule has 6 nitrogen and oxygen atoms in total. The van der Waals surface area contributed by atoms with E-state index in [1.54, 1.807) is 17.1 Å². The summed E-state index contributed by atoms with van der Waals surface area (Å²) in [5.41, 5.74) is 5.39. The number of carbonyl (C=O) groups excluding carboxylic acids is 1. The number of furan rings is 1. The van der Waals surface area contributed by atoms with Crippen LogP contribution in [0.25, 0.3) is 22.4 Å². The van der Waals surface area contributed by atoms with Crippen molar-refractivity contribution in [3.05, 3.63) is 65.7 Å². The van der Waals surface area contributed by atoms with Gasteiger partial charge in [0, 0.05) is 17.4 Å². The van der Waals surface area contributed by atoms with E-state index in [4.69, 9.17) is 4.42 Å². The monoisotopic (exact) mass is 360 g/mol. The molecular formula is C21H20N4O2. The van der Waals surface area contributed by atoms with E-state index >= 15 is 0 Å². The normalized spacial score (nSPS) is 11.1. The molecule has 1 aromatic carbocycles. The highest BCUT2D eigenvalue weighted by atomic mass is 16.3. The van der Waals surface area contributed by atoms with E-state index in [0.717, 1.165) is 39.2 Å². The molecule has 0 spiro atoms. The number of carbonyl (C=O) groups is 1. The quantitative estimate of drug-likeness (QED) is 0.590. The molecule has 0 atom stereocenters. The zero-order valence-electron chi connectivity index (χ0n) is 15.5. The van der Waals surface area contributed by atoms with Crippen LogP contribution in [0.4, 0.5) is 5.69 Å². The van der Waals surface area contributed by atoms with Crippen molar-refractivity contribution in [1.29, 1.82) is 0 Å². The van der Waals surface area contributed by atoms with Gasteiger partial charge in [-0.2, -0.15) is 5.10 Å². The van der Waals surface area contributed by atoms with Crippen LogP contribution in [0, 0.1) is 20.8 Å². The Morgan fingerprint density at radius 2 is 2.04 bits per heavy atom. The van der Waals surface area contributed by atoms with Gasteiger partial charge in [-0.3, -0.25) is 4.79 Å². The van der Waals surface area contributed by atoms with Crippen LogP contribution in [-0.4, -0.2) is 20.7 Å². The van der Waals surface area contributed by atoms with Gasteiger partial charge in [-0.15, -0.1) is 0 Å². The molecule has 0 saturated heterocycles. The molecule has 4 rings (SSSR count). The van der Waals surface area contributed by atoms with Gasteiger partial charge >= 0.3 is 0 Å². The number of anilines is 1. The van der Waals surface area contributed by atoms with Gasteiger partial charge in [0.05, 0.1) is 17.3 Å². The van der Waals surface area contributed by atoms with E-state index in [-0.39, 0.29) is 12.5 Å². The van der Waals surface area contributed by atoms with Crippen LogP contribution in [0.5, 0.6) is 0 Å². The number of aromatic nitrogens is 3. The molecule has 1 N–H and O–H groups in total. The molecule has 0 aliphatic heterocycles. The van der Waals surface area contributed by atoms with Crippen LogP contribution in [0.2, 0.25) is 0 Å². The third-order valence-corrected chi connectivity index (χ3v) is 4.54. The lowest BCUT2D eigenvalue weighted by atomic mass is 10.1. The molecule has 136 valence electrons.